The van der Waals surface area contributed by atoms with Gasteiger partial charge in [-0.25, -0.2) is 4.98 Å². The van der Waals surface area contributed by atoms with Gasteiger partial charge in [0.25, 0.3) is 0 Å². The van der Waals surface area contributed by atoms with E-state index in [9.17, 15) is 0 Å². The van der Waals surface area contributed by atoms with E-state index in [0.717, 1.165) is 23.9 Å². The summed E-state index contributed by atoms with van der Waals surface area (Å²) >= 11 is 0. The fraction of sp³-hybridized carbons (Fsp3) is 0.188. The number of rotatable bonds is 2. The first-order chi connectivity index (χ1) is 9.24. The van der Waals surface area contributed by atoms with Gasteiger partial charge in [0.2, 0.25) is 0 Å². The molecule has 19 heavy (non-hydrogen) atoms. The van der Waals surface area contributed by atoms with Crippen LogP contribution in [0.4, 0.5) is 5.82 Å². The zero-order valence-electron chi connectivity index (χ0n) is 11.2. The number of hydrogen-bond donors (Lipinski definition) is 1. The van der Waals surface area contributed by atoms with E-state index in [-0.39, 0.29) is 0 Å². The highest BCUT2D eigenvalue weighted by Crippen LogP contribution is 2.26. The van der Waals surface area contributed by atoms with Gasteiger partial charge in [-0.2, -0.15) is 0 Å². The van der Waals surface area contributed by atoms with Gasteiger partial charge in [-0.05, 0) is 31.5 Å². The molecule has 0 amide bonds. The first-order valence-corrected chi connectivity index (χ1v) is 6.46. The van der Waals surface area contributed by atoms with E-state index in [1.165, 1.54) is 11.1 Å². The topological polar surface area (TPSA) is 28.2 Å². The van der Waals surface area contributed by atoms with E-state index in [1.807, 2.05) is 25.1 Å². The molecule has 0 atom stereocenters. The molecule has 1 aliphatic heterocycles. The maximum atomic E-state index is 4.59. The summed E-state index contributed by atoms with van der Waals surface area (Å²) in [4.78, 5) is 6.79. The molecule has 0 spiro atoms. The first-order valence-electron chi connectivity index (χ1n) is 6.46. The van der Waals surface area contributed by atoms with Gasteiger partial charge < -0.3 is 10.2 Å². The lowest BCUT2D eigenvalue weighted by atomic mass is 10.1. The summed E-state index contributed by atoms with van der Waals surface area (Å²) in [6.07, 6.45) is 2.05. The van der Waals surface area contributed by atoms with E-state index in [1.54, 1.807) is 0 Å². The van der Waals surface area contributed by atoms with Crippen LogP contribution in [0, 0.1) is 13.8 Å². The predicted molar refractivity (Wildman–Crippen MR) is 78.6 cm³/mol. The zero-order chi connectivity index (χ0) is 13.2. The Bertz CT molecular complexity index is 614. The van der Waals surface area contributed by atoms with Crippen molar-refractivity contribution < 1.29 is 0 Å². The molecule has 96 valence electrons. The standard InChI is InChI=1S/C16H17N3/c1-12-6-8-14(9-7-12)15-10-17-11-19(15)16-5-3-4-13(2)18-16/h3-10,17H,11H2,1-2H3. The normalized spacial score (nSPS) is 14.2. The second-order valence-electron chi connectivity index (χ2n) is 4.82. The van der Waals surface area contributed by atoms with Crippen molar-refractivity contribution in [2.24, 2.45) is 0 Å². The third-order valence-corrected chi connectivity index (χ3v) is 3.28. The first kappa shape index (κ1) is 11.8. The Balaban J connectivity index is 1.95. The summed E-state index contributed by atoms with van der Waals surface area (Å²) in [7, 11) is 0. The second kappa shape index (κ2) is 4.76. The van der Waals surface area contributed by atoms with E-state index < -0.39 is 0 Å². The van der Waals surface area contributed by atoms with Crippen LogP contribution in [0.15, 0.2) is 48.7 Å². The van der Waals surface area contributed by atoms with E-state index in [4.69, 9.17) is 0 Å². The minimum absolute atomic E-state index is 0.764. The van der Waals surface area contributed by atoms with Crippen LogP contribution in [0.25, 0.3) is 5.70 Å². The van der Waals surface area contributed by atoms with Gasteiger partial charge in [0.05, 0.1) is 12.4 Å². The third-order valence-electron chi connectivity index (χ3n) is 3.28. The molecule has 0 fully saturated rings. The zero-order valence-corrected chi connectivity index (χ0v) is 11.2. The minimum Gasteiger partial charge on any atom is -0.372 e. The Morgan fingerprint density at radius 1 is 1.05 bits per heavy atom. The number of nitrogens with one attached hydrogen (secondary N) is 1. The van der Waals surface area contributed by atoms with Crippen molar-refractivity contribution >= 4 is 11.5 Å². The molecule has 0 saturated carbocycles. The third kappa shape index (κ3) is 2.32. The van der Waals surface area contributed by atoms with Crippen LogP contribution in [0.5, 0.6) is 0 Å². The lowest BCUT2D eigenvalue weighted by Gasteiger charge is -2.20. The van der Waals surface area contributed by atoms with E-state index >= 15 is 0 Å². The van der Waals surface area contributed by atoms with Crippen molar-refractivity contribution in [1.82, 2.24) is 10.3 Å². The fourth-order valence-corrected chi connectivity index (χ4v) is 2.24. The molecular formula is C16H17N3. The van der Waals surface area contributed by atoms with Gasteiger partial charge >= 0.3 is 0 Å². The van der Waals surface area contributed by atoms with E-state index in [2.05, 4.69) is 52.6 Å². The number of nitrogens with zero attached hydrogens (tertiary/aromatic N) is 2. The molecule has 2 heterocycles. The molecule has 3 rings (SSSR count). The Morgan fingerprint density at radius 2 is 1.84 bits per heavy atom. The van der Waals surface area contributed by atoms with Gasteiger partial charge in [0.1, 0.15) is 5.82 Å². The van der Waals surface area contributed by atoms with Crippen molar-refractivity contribution in [2.45, 2.75) is 13.8 Å². The highest BCUT2D eigenvalue weighted by Gasteiger charge is 2.19. The maximum absolute atomic E-state index is 4.59. The Labute approximate surface area is 113 Å². The van der Waals surface area contributed by atoms with Crippen molar-refractivity contribution in [2.75, 3.05) is 11.6 Å². The Kier molecular flexibility index (Phi) is 2.95. The number of anilines is 1. The fourth-order valence-electron chi connectivity index (χ4n) is 2.24. The van der Waals surface area contributed by atoms with Crippen LogP contribution in [-0.2, 0) is 0 Å². The lowest BCUT2D eigenvalue weighted by Crippen LogP contribution is -2.23. The van der Waals surface area contributed by atoms with Gasteiger partial charge in [-0.15, -0.1) is 0 Å². The number of hydrogen-bond acceptors (Lipinski definition) is 3. The van der Waals surface area contributed by atoms with Crippen molar-refractivity contribution in [3.63, 3.8) is 0 Å². The second-order valence-corrected chi connectivity index (χ2v) is 4.82. The Morgan fingerprint density at radius 3 is 2.58 bits per heavy atom. The molecule has 1 aliphatic rings. The molecule has 0 saturated heterocycles. The van der Waals surface area contributed by atoms with E-state index in [0.29, 0.717) is 0 Å². The van der Waals surface area contributed by atoms with Crippen LogP contribution in [-0.4, -0.2) is 11.7 Å². The molecule has 3 nitrogen and oxygen atoms in total. The molecule has 0 bridgehead atoms. The van der Waals surface area contributed by atoms with Crippen molar-refractivity contribution in [3.05, 3.63) is 65.5 Å². The summed E-state index contributed by atoms with van der Waals surface area (Å²) in [6, 6.07) is 14.7. The summed E-state index contributed by atoms with van der Waals surface area (Å²) in [6.45, 7) is 4.88. The van der Waals surface area contributed by atoms with Gasteiger partial charge in [0.15, 0.2) is 0 Å². The minimum atomic E-state index is 0.764. The average Bonchev–Trinajstić information content (AvgIpc) is 2.89. The number of aromatic nitrogens is 1. The quantitative estimate of drug-likeness (QED) is 0.889. The van der Waals surface area contributed by atoms with Crippen molar-refractivity contribution in [1.29, 1.82) is 0 Å². The maximum Gasteiger partial charge on any atom is 0.134 e. The highest BCUT2D eigenvalue weighted by molar-refractivity contribution is 5.79. The molecule has 2 aromatic rings. The van der Waals surface area contributed by atoms with Gasteiger partial charge in [-0.3, -0.25) is 0 Å². The summed E-state index contributed by atoms with van der Waals surface area (Å²) in [5.74, 6) is 0.983. The van der Waals surface area contributed by atoms with Crippen LogP contribution in [0.3, 0.4) is 0 Å². The Hall–Kier alpha value is -2.29. The summed E-state index contributed by atoms with van der Waals surface area (Å²) in [5.41, 5.74) is 4.68. The monoisotopic (exact) mass is 251 g/mol. The smallest absolute Gasteiger partial charge is 0.134 e. The van der Waals surface area contributed by atoms with Crippen molar-refractivity contribution in [3.8, 4) is 0 Å². The molecule has 0 unspecified atom stereocenters. The molecule has 1 aromatic heterocycles. The summed E-state index contributed by atoms with van der Waals surface area (Å²) < 4.78 is 0. The van der Waals surface area contributed by atoms with Crippen LogP contribution in [0.1, 0.15) is 16.8 Å². The SMILES string of the molecule is Cc1ccc(C2=CNCN2c2cccc(C)n2)cc1. The largest absolute Gasteiger partial charge is 0.372 e. The molecular weight excluding hydrogens is 234 g/mol. The molecule has 0 radical (unpaired) electrons. The van der Waals surface area contributed by atoms with Crippen LogP contribution < -0.4 is 10.2 Å². The predicted octanol–water partition coefficient (Wildman–Crippen LogP) is 3.06. The molecule has 1 aromatic carbocycles. The van der Waals surface area contributed by atoms with Gasteiger partial charge in [-0.1, -0.05) is 35.9 Å². The molecule has 3 heteroatoms. The number of benzene rings is 1. The molecule has 0 aliphatic carbocycles. The number of aryl methyl sites for hydroxylation is 2. The summed E-state index contributed by atoms with van der Waals surface area (Å²) in [5, 5.41) is 3.28. The van der Waals surface area contributed by atoms with Crippen LogP contribution in [0.2, 0.25) is 0 Å². The number of pyridine rings is 1. The average molecular weight is 251 g/mol. The van der Waals surface area contributed by atoms with Crippen LogP contribution >= 0.6 is 0 Å². The molecule has 1 N–H and O–H groups in total. The lowest BCUT2D eigenvalue weighted by molar-refractivity contribution is 0.887. The van der Waals surface area contributed by atoms with Gasteiger partial charge in [0, 0.05) is 11.9 Å². The highest BCUT2D eigenvalue weighted by atomic mass is 15.3.